The van der Waals surface area contributed by atoms with E-state index in [-0.39, 0.29) is 11.8 Å². The first-order chi connectivity index (χ1) is 14.5. The second-order valence-electron chi connectivity index (χ2n) is 7.63. The van der Waals surface area contributed by atoms with Crippen LogP contribution in [0.2, 0.25) is 5.02 Å². The van der Waals surface area contributed by atoms with Crippen LogP contribution >= 0.6 is 11.6 Å². The number of aryl methyl sites for hydroxylation is 1. The fourth-order valence-electron chi connectivity index (χ4n) is 3.81. The van der Waals surface area contributed by atoms with Crippen LogP contribution in [0.5, 0.6) is 5.75 Å². The van der Waals surface area contributed by atoms with Crippen LogP contribution in [0.1, 0.15) is 37.7 Å². The second-order valence-corrected chi connectivity index (χ2v) is 8.07. The Hall–Kier alpha value is -2.60. The molecule has 1 saturated heterocycles. The van der Waals surface area contributed by atoms with Crippen LogP contribution in [-0.4, -0.2) is 41.9 Å². The molecule has 1 atom stereocenters. The van der Waals surface area contributed by atoms with Crippen molar-refractivity contribution in [2.45, 2.75) is 38.5 Å². The summed E-state index contributed by atoms with van der Waals surface area (Å²) in [4.78, 5) is 31.0. The number of likely N-dealkylation sites (tertiary alicyclic amines) is 1. The van der Waals surface area contributed by atoms with E-state index in [2.05, 4.69) is 10.3 Å². The summed E-state index contributed by atoms with van der Waals surface area (Å²) in [6.45, 7) is 1.53. The Bertz CT molecular complexity index is 860. The number of hydrogen-bond acceptors (Lipinski definition) is 4. The van der Waals surface area contributed by atoms with Gasteiger partial charge in [0.05, 0.1) is 12.8 Å². The van der Waals surface area contributed by atoms with Crippen molar-refractivity contribution in [1.29, 1.82) is 0 Å². The van der Waals surface area contributed by atoms with Gasteiger partial charge in [-0.3, -0.25) is 14.6 Å². The number of nitrogens with one attached hydrogen (secondary N) is 1. The molecule has 1 aromatic carbocycles. The van der Waals surface area contributed by atoms with Crippen molar-refractivity contribution in [3.63, 3.8) is 0 Å². The minimum absolute atomic E-state index is 0.0725. The fourth-order valence-corrected chi connectivity index (χ4v) is 3.98. The molecule has 2 heterocycles. The molecule has 2 aromatic rings. The van der Waals surface area contributed by atoms with Gasteiger partial charge >= 0.3 is 0 Å². The summed E-state index contributed by atoms with van der Waals surface area (Å²) in [7, 11) is 1.56. The van der Waals surface area contributed by atoms with Gasteiger partial charge in [-0.15, -0.1) is 0 Å². The number of methoxy groups -OCH3 is 1. The largest absolute Gasteiger partial charge is 0.495 e. The lowest BCUT2D eigenvalue weighted by molar-refractivity contribution is -0.133. The van der Waals surface area contributed by atoms with E-state index in [1.54, 1.807) is 37.7 Å². The van der Waals surface area contributed by atoms with E-state index in [0.29, 0.717) is 35.2 Å². The minimum Gasteiger partial charge on any atom is -0.495 e. The molecule has 6 nitrogen and oxygen atoms in total. The normalized spacial score (nSPS) is 16.2. The number of rotatable bonds is 8. The summed E-state index contributed by atoms with van der Waals surface area (Å²) in [6.07, 6.45) is 7.92. The van der Waals surface area contributed by atoms with Crippen LogP contribution < -0.4 is 10.1 Å². The minimum atomic E-state index is -0.0725. The predicted molar refractivity (Wildman–Crippen MR) is 118 cm³/mol. The van der Waals surface area contributed by atoms with E-state index in [1.807, 2.05) is 17.0 Å². The summed E-state index contributed by atoms with van der Waals surface area (Å²) in [5.41, 5.74) is 1.70. The van der Waals surface area contributed by atoms with Crippen molar-refractivity contribution in [2.75, 3.05) is 25.5 Å². The highest BCUT2D eigenvalue weighted by Crippen LogP contribution is 2.28. The first kappa shape index (κ1) is 22.1. The maximum absolute atomic E-state index is 12.6. The molecule has 0 aliphatic carbocycles. The number of hydrogen-bond donors (Lipinski definition) is 1. The first-order valence-electron chi connectivity index (χ1n) is 10.3. The highest BCUT2D eigenvalue weighted by Gasteiger charge is 2.24. The molecule has 0 bridgehead atoms. The lowest BCUT2D eigenvalue weighted by atomic mass is 9.93. The van der Waals surface area contributed by atoms with Crippen LogP contribution in [0, 0.1) is 5.92 Å². The SMILES string of the molecule is COc1ccc(Cl)cc1NC(=O)CC[C@@H]1CCCN(C(=O)CCc2ccncc2)C1. The molecule has 7 heteroatoms. The molecule has 1 N–H and O–H groups in total. The highest BCUT2D eigenvalue weighted by atomic mass is 35.5. The zero-order valence-corrected chi connectivity index (χ0v) is 18.0. The monoisotopic (exact) mass is 429 g/mol. The Balaban J connectivity index is 1.45. The molecule has 0 spiro atoms. The van der Waals surface area contributed by atoms with Gasteiger partial charge in [0.15, 0.2) is 0 Å². The van der Waals surface area contributed by atoms with Gasteiger partial charge < -0.3 is 15.0 Å². The van der Waals surface area contributed by atoms with Gasteiger partial charge in [-0.2, -0.15) is 0 Å². The van der Waals surface area contributed by atoms with Gasteiger partial charge in [-0.1, -0.05) is 11.6 Å². The number of carbonyl (C=O) groups excluding carboxylic acids is 2. The van der Waals surface area contributed by atoms with Crippen molar-refractivity contribution in [3.05, 3.63) is 53.3 Å². The van der Waals surface area contributed by atoms with Crippen molar-refractivity contribution in [3.8, 4) is 5.75 Å². The van der Waals surface area contributed by atoms with Gasteiger partial charge in [-0.25, -0.2) is 0 Å². The van der Waals surface area contributed by atoms with Gasteiger partial charge in [-0.05, 0) is 67.5 Å². The smallest absolute Gasteiger partial charge is 0.224 e. The van der Waals surface area contributed by atoms with E-state index in [9.17, 15) is 9.59 Å². The molecule has 0 unspecified atom stereocenters. The Kier molecular flexibility index (Phi) is 8.08. The lowest BCUT2D eigenvalue weighted by Gasteiger charge is -2.33. The molecule has 0 saturated carbocycles. The predicted octanol–water partition coefficient (Wildman–Crippen LogP) is 4.33. The number of ether oxygens (including phenoxy) is 1. The van der Waals surface area contributed by atoms with Crippen molar-refractivity contribution < 1.29 is 14.3 Å². The zero-order chi connectivity index (χ0) is 21.3. The molecule has 160 valence electrons. The third-order valence-corrected chi connectivity index (χ3v) is 5.70. The maximum atomic E-state index is 12.6. The number of nitrogens with zero attached hydrogens (tertiary/aromatic N) is 2. The quantitative estimate of drug-likeness (QED) is 0.677. The zero-order valence-electron chi connectivity index (χ0n) is 17.3. The number of halogens is 1. The van der Waals surface area contributed by atoms with Crippen molar-refractivity contribution in [2.24, 2.45) is 5.92 Å². The van der Waals surface area contributed by atoms with Gasteiger partial charge in [0.2, 0.25) is 11.8 Å². The molecule has 0 radical (unpaired) electrons. The van der Waals surface area contributed by atoms with Gasteiger partial charge in [0, 0.05) is 43.3 Å². The summed E-state index contributed by atoms with van der Waals surface area (Å²) in [5.74, 6) is 1.04. The van der Waals surface area contributed by atoms with Crippen LogP contribution in [0.25, 0.3) is 0 Å². The summed E-state index contributed by atoms with van der Waals surface area (Å²) in [6, 6.07) is 9.02. The number of piperidine rings is 1. The van der Waals surface area contributed by atoms with Crippen molar-refractivity contribution in [1.82, 2.24) is 9.88 Å². The average Bonchev–Trinajstić information content (AvgIpc) is 2.77. The summed E-state index contributed by atoms with van der Waals surface area (Å²) in [5, 5.41) is 3.42. The number of pyridine rings is 1. The molecule has 1 aliphatic rings. The van der Waals surface area contributed by atoms with E-state index in [4.69, 9.17) is 16.3 Å². The third kappa shape index (κ3) is 6.46. The van der Waals surface area contributed by atoms with Crippen LogP contribution in [-0.2, 0) is 16.0 Å². The number of benzene rings is 1. The summed E-state index contributed by atoms with van der Waals surface area (Å²) < 4.78 is 5.27. The number of carbonyl (C=O) groups is 2. The molecular weight excluding hydrogens is 402 g/mol. The maximum Gasteiger partial charge on any atom is 0.224 e. The Labute approximate surface area is 182 Å². The Morgan fingerprint density at radius 3 is 2.80 bits per heavy atom. The summed E-state index contributed by atoms with van der Waals surface area (Å²) >= 11 is 6.02. The van der Waals surface area contributed by atoms with Crippen LogP contribution in [0.3, 0.4) is 0 Å². The average molecular weight is 430 g/mol. The van der Waals surface area contributed by atoms with E-state index >= 15 is 0 Å². The number of aromatic nitrogens is 1. The molecule has 30 heavy (non-hydrogen) atoms. The van der Waals surface area contributed by atoms with Gasteiger partial charge in [0.25, 0.3) is 0 Å². The van der Waals surface area contributed by atoms with Crippen LogP contribution in [0.15, 0.2) is 42.7 Å². The standard InChI is InChI=1S/C23H28ClN3O3/c1-30-21-7-6-19(24)15-20(21)26-22(28)8-4-18-3-2-14-27(16-18)23(29)9-5-17-10-12-25-13-11-17/h6-7,10-13,15,18H,2-5,8-9,14,16H2,1H3,(H,26,28)/t18-/m0/s1. The fraction of sp³-hybridized carbons (Fsp3) is 0.435. The molecule has 3 rings (SSSR count). The van der Waals surface area contributed by atoms with Crippen molar-refractivity contribution >= 4 is 29.1 Å². The molecule has 1 fully saturated rings. The number of anilines is 1. The molecule has 1 aliphatic heterocycles. The first-order valence-corrected chi connectivity index (χ1v) is 10.7. The van der Waals surface area contributed by atoms with E-state index in [1.165, 1.54) is 0 Å². The lowest BCUT2D eigenvalue weighted by Crippen LogP contribution is -2.40. The molecular formula is C23H28ClN3O3. The highest BCUT2D eigenvalue weighted by molar-refractivity contribution is 6.31. The topological polar surface area (TPSA) is 71.5 Å². The number of amides is 2. The second kappa shape index (κ2) is 11.0. The van der Waals surface area contributed by atoms with Gasteiger partial charge in [0.1, 0.15) is 5.75 Å². The Morgan fingerprint density at radius 2 is 2.03 bits per heavy atom. The molecule has 2 amide bonds. The Morgan fingerprint density at radius 1 is 1.23 bits per heavy atom. The molecule has 1 aromatic heterocycles. The third-order valence-electron chi connectivity index (χ3n) is 5.46. The van der Waals surface area contributed by atoms with Crippen LogP contribution in [0.4, 0.5) is 5.69 Å². The van der Waals surface area contributed by atoms with E-state index in [0.717, 1.165) is 44.3 Å². The van der Waals surface area contributed by atoms with E-state index < -0.39 is 0 Å².